The summed E-state index contributed by atoms with van der Waals surface area (Å²) in [5.74, 6) is 0.799. The molecule has 2 rings (SSSR count). The van der Waals surface area contributed by atoms with Crippen molar-refractivity contribution >= 4 is 5.71 Å². The van der Waals surface area contributed by atoms with Gasteiger partial charge in [-0.05, 0) is 19.1 Å². The van der Waals surface area contributed by atoms with E-state index < -0.39 is 0 Å². The van der Waals surface area contributed by atoms with Crippen LogP contribution in [-0.4, -0.2) is 17.5 Å². The summed E-state index contributed by atoms with van der Waals surface area (Å²) >= 11 is 0. The second-order valence-electron chi connectivity index (χ2n) is 2.83. The van der Waals surface area contributed by atoms with E-state index >= 15 is 0 Å². The summed E-state index contributed by atoms with van der Waals surface area (Å²) in [4.78, 5) is 0. The van der Waals surface area contributed by atoms with Gasteiger partial charge in [0.05, 0.1) is 0 Å². The van der Waals surface area contributed by atoms with Gasteiger partial charge in [0, 0.05) is 5.56 Å². The lowest BCUT2D eigenvalue weighted by atomic mass is 10.1. The number of hydrogen-bond donors (Lipinski definition) is 1. The molecule has 1 aromatic rings. The fourth-order valence-electron chi connectivity index (χ4n) is 1.30. The molecule has 0 aliphatic carbocycles. The smallest absolute Gasteiger partial charge is 0.134 e. The van der Waals surface area contributed by atoms with Gasteiger partial charge in [0.15, 0.2) is 0 Å². The lowest BCUT2D eigenvalue weighted by molar-refractivity contribution is 0.313. The van der Waals surface area contributed by atoms with Gasteiger partial charge < -0.3 is 9.94 Å². The van der Waals surface area contributed by atoms with Crippen molar-refractivity contribution in [2.45, 2.75) is 6.92 Å². The average Bonchev–Trinajstić information content (AvgIpc) is 2.46. The van der Waals surface area contributed by atoms with Crippen molar-refractivity contribution in [3.05, 3.63) is 29.3 Å². The van der Waals surface area contributed by atoms with E-state index in [1.54, 1.807) is 0 Å². The fourth-order valence-corrected chi connectivity index (χ4v) is 1.30. The Morgan fingerprint density at radius 1 is 1.50 bits per heavy atom. The molecule has 1 N–H and O–H groups in total. The molecule has 0 bridgehead atoms. The average molecular weight is 163 g/mol. The Hall–Kier alpha value is -1.51. The van der Waals surface area contributed by atoms with Gasteiger partial charge in [-0.15, -0.1) is 0 Å². The first-order chi connectivity index (χ1) is 5.81. The van der Waals surface area contributed by atoms with E-state index in [4.69, 9.17) is 9.94 Å². The molecule has 0 aromatic heterocycles. The molecule has 0 saturated heterocycles. The maximum atomic E-state index is 8.61. The van der Waals surface area contributed by atoms with Crippen LogP contribution in [0.3, 0.4) is 0 Å². The third kappa shape index (κ3) is 0.942. The molecule has 1 heterocycles. The minimum Gasteiger partial charge on any atom is -0.486 e. The van der Waals surface area contributed by atoms with Crippen LogP contribution in [0, 0.1) is 6.92 Å². The highest BCUT2D eigenvalue weighted by Crippen LogP contribution is 2.25. The lowest BCUT2D eigenvalue weighted by Gasteiger charge is -1.97. The summed E-state index contributed by atoms with van der Waals surface area (Å²) in [6.45, 7) is 2.36. The second-order valence-corrected chi connectivity index (χ2v) is 2.83. The first kappa shape index (κ1) is 7.16. The molecule has 0 unspecified atom stereocenters. The van der Waals surface area contributed by atoms with Crippen LogP contribution in [0.5, 0.6) is 5.75 Å². The molecule has 1 aliphatic rings. The SMILES string of the molecule is Cc1ccc2c(c1)C(=NO)CO2. The number of oxime groups is 1. The minimum absolute atomic E-state index is 0.370. The van der Waals surface area contributed by atoms with Crippen LogP contribution in [0.4, 0.5) is 0 Å². The number of benzene rings is 1. The summed E-state index contributed by atoms with van der Waals surface area (Å²) in [5, 5.41) is 11.8. The number of nitrogens with zero attached hydrogens (tertiary/aromatic N) is 1. The van der Waals surface area contributed by atoms with Crippen LogP contribution in [0.1, 0.15) is 11.1 Å². The Morgan fingerprint density at radius 3 is 3.08 bits per heavy atom. The van der Waals surface area contributed by atoms with Crippen molar-refractivity contribution in [1.29, 1.82) is 0 Å². The van der Waals surface area contributed by atoms with Gasteiger partial charge in [-0.25, -0.2) is 0 Å². The van der Waals surface area contributed by atoms with E-state index in [-0.39, 0.29) is 0 Å². The van der Waals surface area contributed by atoms with Gasteiger partial charge in [0.1, 0.15) is 18.1 Å². The maximum absolute atomic E-state index is 8.61. The number of hydrogen-bond acceptors (Lipinski definition) is 3. The fraction of sp³-hybridized carbons (Fsp3) is 0.222. The van der Waals surface area contributed by atoms with Gasteiger partial charge in [-0.3, -0.25) is 0 Å². The van der Waals surface area contributed by atoms with Gasteiger partial charge in [0.2, 0.25) is 0 Å². The zero-order chi connectivity index (χ0) is 8.55. The van der Waals surface area contributed by atoms with Gasteiger partial charge in [-0.2, -0.15) is 0 Å². The lowest BCUT2D eigenvalue weighted by Crippen LogP contribution is -2.01. The van der Waals surface area contributed by atoms with Crippen molar-refractivity contribution in [1.82, 2.24) is 0 Å². The van der Waals surface area contributed by atoms with Gasteiger partial charge in [-0.1, -0.05) is 16.8 Å². The number of aryl methyl sites for hydroxylation is 1. The predicted molar refractivity (Wildman–Crippen MR) is 45.0 cm³/mol. The first-order valence-electron chi connectivity index (χ1n) is 3.76. The molecule has 3 nitrogen and oxygen atoms in total. The zero-order valence-electron chi connectivity index (χ0n) is 6.74. The largest absolute Gasteiger partial charge is 0.486 e. The summed E-state index contributed by atoms with van der Waals surface area (Å²) in [7, 11) is 0. The summed E-state index contributed by atoms with van der Waals surface area (Å²) < 4.78 is 5.27. The van der Waals surface area contributed by atoms with Crippen LogP contribution in [0.2, 0.25) is 0 Å². The molecular formula is C9H9NO2. The highest BCUT2D eigenvalue weighted by atomic mass is 16.5. The normalized spacial score (nSPS) is 17.6. The summed E-state index contributed by atoms with van der Waals surface area (Å²) in [5.41, 5.74) is 2.65. The standard InChI is InChI=1S/C9H9NO2/c1-6-2-3-9-7(4-6)8(10-11)5-12-9/h2-4,11H,5H2,1H3. The van der Waals surface area contributed by atoms with Crippen molar-refractivity contribution in [2.75, 3.05) is 6.61 Å². The quantitative estimate of drug-likeness (QED) is 0.466. The first-order valence-corrected chi connectivity index (χ1v) is 3.76. The third-order valence-corrected chi connectivity index (χ3v) is 1.93. The highest BCUT2D eigenvalue weighted by Gasteiger charge is 2.19. The van der Waals surface area contributed by atoms with Crippen molar-refractivity contribution in [3.8, 4) is 5.75 Å². The molecule has 0 atom stereocenters. The van der Waals surface area contributed by atoms with Crippen LogP contribution in [0.25, 0.3) is 0 Å². The molecule has 0 radical (unpaired) electrons. The zero-order valence-corrected chi connectivity index (χ0v) is 6.74. The van der Waals surface area contributed by atoms with E-state index in [1.165, 1.54) is 0 Å². The number of fused-ring (bicyclic) bond motifs is 1. The Labute approximate surface area is 70.3 Å². The van der Waals surface area contributed by atoms with Crippen LogP contribution in [0.15, 0.2) is 23.4 Å². The third-order valence-electron chi connectivity index (χ3n) is 1.93. The molecule has 0 fully saturated rings. The van der Waals surface area contributed by atoms with E-state index in [1.807, 2.05) is 25.1 Å². The highest BCUT2D eigenvalue weighted by molar-refractivity contribution is 6.05. The Morgan fingerprint density at radius 2 is 2.33 bits per heavy atom. The van der Waals surface area contributed by atoms with E-state index in [2.05, 4.69) is 5.16 Å². The molecule has 1 aliphatic heterocycles. The van der Waals surface area contributed by atoms with Crippen molar-refractivity contribution in [2.24, 2.45) is 5.16 Å². The van der Waals surface area contributed by atoms with Crippen molar-refractivity contribution in [3.63, 3.8) is 0 Å². The van der Waals surface area contributed by atoms with E-state index in [9.17, 15) is 0 Å². The summed E-state index contributed by atoms with van der Waals surface area (Å²) in [6.07, 6.45) is 0. The second kappa shape index (κ2) is 2.52. The molecule has 3 heteroatoms. The Bertz CT molecular complexity index is 344. The maximum Gasteiger partial charge on any atom is 0.134 e. The monoisotopic (exact) mass is 163 g/mol. The van der Waals surface area contributed by atoms with Crippen LogP contribution >= 0.6 is 0 Å². The van der Waals surface area contributed by atoms with Gasteiger partial charge in [0.25, 0.3) is 0 Å². The van der Waals surface area contributed by atoms with E-state index in [0.29, 0.717) is 12.3 Å². The molecule has 0 spiro atoms. The number of rotatable bonds is 0. The molecular weight excluding hydrogens is 154 g/mol. The molecule has 62 valence electrons. The van der Waals surface area contributed by atoms with Crippen molar-refractivity contribution < 1.29 is 9.94 Å². The topological polar surface area (TPSA) is 41.8 Å². The van der Waals surface area contributed by atoms with Gasteiger partial charge >= 0.3 is 0 Å². The van der Waals surface area contributed by atoms with E-state index in [0.717, 1.165) is 16.9 Å². The molecule has 0 amide bonds. The summed E-state index contributed by atoms with van der Waals surface area (Å²) in [6, 6.07) is 5.82. The molecule has 0 saturated carbocycles. The minimum atomic E-state index is 0.370. The predicted octanol–water partition coefficient (Wildman–Crippen LogP) is 1.57. The molecule has 1 aromatic carbocycles. The van der Waals surface area contributed by atoms with Crippen LogP contribution < -0.4 is 4.74 Å². The molecule has 12 heavy (non-hydrogen) atoms. The Kier molecular flexibility index (Phi) is 1.50. The Balaban J connectivity index is 2.57. The number of ether oxygens (including phenoxy) is 1. The van der Waals surface area contributed by atoms with Crippen LogP contribution in [-0.2, 0) is 0 Å².